The molecule has 2 N–H and O–H groups in total. The molecule has 0 unspecified atom stereocenters. The predicted molar refractivity (Wildman–Crippen MR) is 106 cm³/mol. The SMILES string of the molecule is CO[C@H]1O[C@H](CN=[N+]=[N-])[C@@H](OCCCCCC(=O)[O-])[C@H](O)[C@H]1NCc1ccccc1.[Na+]. The van der Waals surface area contributed by atoms with Gasteiger partial charge in [0.1, 0.15) is 12.2 Å². The molecule has 1 fully saturated rings. The number of nitrogens with zero attached hydrogens (tertiary/aromatic N) is 3. The summed E-state index contributed by atoms with van der Waals surface area (Å²) in [6.07, 6.45) is -1.30. The molecule has 11 heteroatoms. The Bertz CT molecular complexity index is 692. The van der Waals surface area contributed by atoms with Crippen LogP contribution < -0.4 is 40.0 Å². The van der Waals surface area contributed by atoms with E-state index in [9.17, 15) is 15.0 Å². The molecule has 0 aromatic heterocycles. The minimum atomic E-state index is -1.07. The largest absolute Gasteiger partial charge is 1.00 e. The molecule has 0 saturated carbocycles. The molecule has 5 atom stereocenters. The predicted octanol–water partition coefficient (Wildman–Crippen LogP) is -2.11. The van der Waals surface area contributed by atoms with Crippen LogP contribution in [0.4, 0.5) is 0 Å². The van der Waals surface area contributed by atoms with Crippen molar-refractivity contribution < 1.29 is 58.8 Å². The molecular weight excluding hydrogens is 415 g/mol. The van der Waals surface area contributed by atoms with Crippen molar-refractivity contribution in [2.24, 2.45) is 5.11 Å². The molecule has 0 spiro atoms. The first-order valence-electron chi connectivity index (χ1n) is 10.0. The summed E-state index contributed by atoms with van der Waals surface area (Å²) in [6.45, 7) is 0.810. The summed E-state index contributed by atoms with van der Waals surface area (Å²) < 4.78 is 17.2. The summed E-state index contributed by atoms with van der Waals surface area (Å²) in [5.74, 6) is -1.07. The van der Waals surface area contributed by atoms with Crippen molar-refractivity contribution in [1.29, 1.82) is 0 Å². The van der Waals surface area contributed by atoms with Crippen molar-refractivity contribution in [3.63, 3.8) is 0 Å². The maximum atomic E-state index is 11.0. The Morgan fingerprint density at radius 3 is 2.71 bits per heavy atom. The number of aliphatic hydroxyl groups excluding tert-OH is 1. The molecule has 1 heterocycles. The van der Waals surface area contributed by atoms with Crippen LogP contribution in [0.2, 0.25) is 0 Å². The summed E-state index contributed by atoms with van der Waals surface area (Å²) in [6, 6.07) is 9.17. The minimum Gasteiger partial charge on any atom is -0.550 e. The van der Waals surface area contributed by atoms with E-state index >= 15 is 0 Å². The van der Waals surface area contributed by atoms with E-state index < -0.39 is 36.6 Å². The van der Waals surface area contributed by atoms with E-state index in [1.807, 2.05) is 30.3 Å². The molecule has 0 radical (unpaired) electrons. The minimum absolute atomic E-state index is 0. The van der Waals surface area contributed by atoms with Gasteiger partial charge in [0, 0.05) is 31.1 Å². The molecule has 0 aliphatic carbocycles. The molecule has 0 amide bonds. The van der Waals surface area contributed by atoms with Crippen LogP contribution in [0.5, 0.6) is 0 Å². The number of methoxy groups -OCH3 is 1. The Hall–Kier alpha value is -1.20. The summed E-state index contributed by atoms with van der Waals surface area (Å²) in [7, 11) is 1.48. The monoisotopic (exact) mass is 444 g/mol. The van der Waals surface area contributed by atoms with Gasteiger partial charge in [-0.1, -0.05) is 41.9 Å². The molecule has 1 aliphatic rings. The molecule has 0 bridgehead atoms. The van der Waals surface area contributed by atoms with E-state index in [1.54, 1.807) is 0 Å². The van der Waals surface area contributed by atoms with Crippen LogP contribution >= 0.6 is 0 Å². The third-order valence-corrected chi connectivity index (χ3v) is 4.95. The zero-order valence-electron chi connectivity index (χ0n) is 18.1. The summed E-state index contributed by atoms with van der Waals surface area (Å²) in [4.78, 5) is 13.2. The average Bonchev–Trinajstić information content (AvgIpc) is 2.75. The first-order valence-corrected chi connectivity index (χ1v) is 10.0. The molecule has 10 nitrogen and oxygen atoms in total. The van der Waals surface area contributed by atoms with Gasteiger partial charge in [0.15, 0.2) is 6.29 Å². The Morgan fingerprint density at radius 2 is 2.06 bits per heavy atom. The van der Waals surface area contributed by atoms with Gasteiger partial charge >= 0.3 is 29.6 Å². The Balaban J connectivity index is 0.00000480. The Kier molecular flexibility index (Phi) is 14.0. The fourth-order valence-electron chi connectivity index (χ4n) is 3.41. The third-order valence-electron chi connectivity index (χ3n) is 4.95. The molecule has 1 aromatic carbocycles. The number of nitrogens with one attached hydrogen (secondary N) is 1. The molecule has 166 valence electrons. The van der Waals surface area contributed by atoms with Gasteiger partial charge in [-0.25, -0.2) is 0 Å². The number of hydrogen-bond acceptors (Lipinski definition) is 8. The quantitative estimate of drug-likeness (QED) is 0.116. The maximum absolute atomic E-state index is 11.0. The second-order valence-electron chi connectivity index (χ2n) is 7.09. The van der Waals surface area contributed by atoms with Gasteiger partial charge in [-0.2, -0.15) is 0 Å². The van der Waals surface area contributed by atoms with Crippen LogP contribution in [0.15, 0.2) is 35.4 Å². The van der Waals surface area contributed by atoms with Crippen molar-refractivity contribution in [3.05, 3.63) is 46.3 Å². The molecule has 2 rings (SSSR count). The van der Waals surface area contributed by atoms with Gasteiger partial charge in [-0.05, 0) is 30.4 Å². The van der Waals surface area contributed by atoms with Gasteiger partial charge in [-0.15, -0.1) is 0 Å². The van der Waals surface area contributed by atoms with Crippen molar-refractivity contribution in [1.82, 2.24) is 5.32 Å². The first kappa shape index (κ1) is 27.8. The second kappa shape index (κ2) is 15.6. The Morgan fingerprint density at radius 1 is 1.32 bits per heavy atom. The van der Waals surface area contributed by atoms with Crippen LogP contribution in [0.3, 0.4) is 0 Å². The van der Waals surface area contributed by atoms with E-state index in [1.165, 1.54) is 7.11 Å². The number of carbonyl (C=O) groups is 1. The molecule has 31 heavy (non-hydrogen) atoms. The third kappa shape index (κ3) is 9.44. The number of carbonyl (C=O) groups excluding carboxylic acids is 1. The number of aliphatic carboxylic acids is 1. The number of benzene rings is 1. The first-order chi connectivity index (χ1) is 14.6. The van der Waals surface area contributed by atoms with Gasteiger partial charge in [0.2, 0.25) is 0 Å². The topological polar surface area (TPSA) is 149 Å². The summed E-state index contributed by atoms with van der Waals surface area (Å²) in [5, 5.41) is 28.3. The summed E-state index contributed by atoms with van der Waals surface area (Å²) in [5.41, 5.74) is 9.70. The number of hydrogen-bond donors (Lipinski definition) is 2. The molecule has 1 aromatic rings. The van der Waals surface area contributed by atoms with Crippen LogP contribution in [-0.2, 0) is 25.5 Å². The average molecular weight is 444 g/mol. The smallest absolute Gasteiger partial charge is 0.550 e. The number of carboxylic acids is 1. The van der Waals surface area contributed by atoms with Gasteiger partial charge in [0.05, 0.1) is 18.7 Å². The van der Waals surface area contributed by atoms with Crippen LogP contribution in [0, 0.1) is 0 Å². The van der Waals surface area contributed by atoms with E-state index in [0.717, 1.165) is 5.56 Å². The van der Waals surface area contributed by atoms with Crippen LogP contribution in [-0.4, -0.2) is 62.0 Å². The van der Waals surface area contributed by atoms with Crippen molar-refractivity contribution in [2.75, 3.05) is 20.3 Å². The van der Waals surface area contributed by atoms with E-state index in [0.29, 0.717) is 32.4 Å². The van der Waals surface area contributed by atoms with Gasteiger partial charge in [-0.3, -0.25) is 0 Å². The van der Waals surface area contributed by atoms with Crippen molar-refractivity contribution in [2.45, 2.75) is 62.9 Å². The zero-order valence-corrected chi connectivity index (χ0v) is 20.1. The van der Waals surface area contributed by atoms with E-state index in [-0.39, 0.29) is 42.5 Å². The fourth-order valence-corrected chi connectivity index (χ4v) is 3.41. The standard InChI is InChI=1S/C20H30N4O6.Na/c1-28-20-17(22-12-14-8-4-2-5-9-14)18(27)19(15(30-20)13-23-24-21)29-11-7-3-6-10-16(25)26;/h2,4-5,8-9,15,17-20,22,27H,3,6-7,10-13H2,1H3,(H,25,26);/q;+1/p-1/t15-,17-,18-,19-,20+;/m1./s1. The van der Waals surface area contributed by atoms with Crippen molar-refractivity contribution >= 4 is 5.97 Å². The van der Waals surface area contributed by atoms with Crippen molar-refractivity contribution in [3.8, 4) is 0 Å². The summed E-state index contributed by atoms with van der Waals surface area (Å²) >= 11 is 0. The van der Waals surface area contributed by atoms with E-state index in [2.05, 4.69) is 15.3 Å². The zero-order chi connectivity index (χ0) is 21.8. The fraction of sp³-hybridized carbons (Fsp3) is 0.650. The number of aliphatic hydroxyl groups is 1. The molecule has 1 saturated heterocycles. The number of azide groups is 1. The number of carboxylic acid groups (broad SMARTS) is 1. The van der Waals surface area contributed by atoms with Gasteiger partial charge in [0.25, 0.3) is 0 Å². The Labute approximate surface area is 204 Å². The van der Waals surface area contributed by atoms with E-state index in [4.69, 9.17) is 19.7 Å². The number of ether oxygens (including phenoxy) is 3. The molecule has 1 aliphatic heterocycles. The van der Waals surface area contributed by atoms with Gasteiger partial charge < -0.3 is 34.5 Å². The number of unbranched alkanes of at least 4 members (excludes halogenated alkanes) is 2. The van der Waals surface area contributed by atoms with Crippen LogP contribution in [0.1, 0.15) is 31.2 Å². The second-order valence-corrected chi connectivity index (χ2v) is 7.09. The number of rotatable bonds is 13. The van der Waals surface area contributed by atoms with Crippen LogP contribution in [0.25, 0.3) is 10.4 Å². The normalized spacial score (nSPS) is 25.3. The maximum Gasteiger partial charge on any atom is 1.00 e. The molecular formula is C20H29N4NaO6.